The molecule has 3 rings (SSSR count). The van der Waals surface area contributed by atoms with Crippen LogP contribution in [-0.4, -0.2) is 41.8 Å². The van der Waals surface area contributed by atoms with E-state index in [-0.39, 0.29) is 30.7 Å². The third-order valence-electron chi connectivity index (χ3n) is 4.56. The topological polar surface area (TPSA) is 78.5 Å². The molecule has 27 heavy (non-hydrogen) atoms. The van der Waals surface area contributed by atoms with Crippen LogP contribution >= 0.6 is 0 Å². The molecule has 6 heteroatoms. The molecule has 0 unspecified atom stereocenters. The largest absolute Gasteiger partial charge is 0.347 e. The molecule has 140 valence electrons. The molecule has 2 aromatic carbocycles. The first-order chi connectivity index (χ1) is 13.1. The lowest BCUT2D eigenvalue weighted by atomic mass is 10.1. The highest BCUT2D eigenvalue weighted by Crippen LogP contribution is 2.19. The van der Waals surface area contributed by atoms with Crippen molar-refractivity contribution in [3.63, 3.8) is 0 Å². The molecule has 0 bridgehead atoms. The molecule has 2 aromatic rings. The van der Waals surface area contributed by atoms with Crippen LogP contribution in [0.4, 0.5) is 5.69 Å². The van der Waals surface area contributed by atoms with Crippen LogP contribution in [0.2, 0.25) is 0 Å². The predicted octanol–water partition coefficient (Wildman–Crippen LogP) is 1.97. The maximum atomic E-state index is 12.5. The molecular formula is C21H23N3O3. The van der Waals surface area contributed by atoms with Crippen LogP contribution in [0.15, 0.2) is 60.7 Å². The fourth-order valence-corrected chi connectivity index (χ4v) is 3.20. The van der Waals surface area contributed by atoms with Crippen LogP contribution in [0, 0.1) is 0 Å². The molecule has 3 amide bonds. The second-order valence-electron chi connectivity index (χ2n) is 6.54. The van der Waals surface area contributed by atoms with E-state index < -0.39 is 6.04 Å². The van der Waals surface area contributed by atoms with Crippen LogP contribution in [0.25, 0.3) is 0 Å². The molecule has 1 aliphatic heterocycles. The van der Waals surface area contributed by atoms with Gasteiger partial charge in [0.05, 0.1) is 13.0 Å². The molecule has 0 aliphatic carbocycles. The van der Waals surface area contributed by atoms with Crippen molar-refractivity contribution >= 4 is 23.4 Å². The fourth-order valence-electron chi connectivity index (χ4n) is 3.20. The van der Waals surface area contributed by atoms with Crippen molar-refractivity contribution in [3.05, 3.63) is 66.2 Å². The first kappa shape index (κ1) is 18.6. The molecule has 0 aromatic heterocycles. The summed E-state index contributed by atoms with van der Waals surface area (Å²) >= 11 is 0. The number of hydrogen-bond donors (Lipinski definition) is 2. The zero-order valence-corrected chi connectivity index (χ0v) is 15.1. The van der Waals surface area contributed by atoms with Gasteiger partial charge in [-0.15, -0.1) is 0 Å². The lowest BCUT2D eigenvalue weighted by Gasteiger charge is -2.24. The number of anilines is 1. The molecule has 0 radical (unpaired) electrons. The number of nitrogens with one attached hydrogen (secondary N) is 2. The van der Waals surface area contributed by atoms with Gasteiger partial charge < -0.3 is 15.5 Å². The van der Waals surface area contributed by atoms with Gasteiger partial charge in [-0.25, -0.2) is 0 Å². The van der Waals surface area contributed by atoms with E-state index in [1.165, 1.54) is 0 Å². The van der Waals surface area contributed by atoms with E-state index in [1.54, 1.807) is 4.90 Å². The summed E-state index contributed by atoms with van der Waals surface area (Å²) in [6, 6.07) is 18.0. The molecular weight excluding hydrogens is 342 g/mol. The highest BCUT2D eigenvalue weighted by molar-refractivity contribution is 5.98. The molecule has 2 N–H and O–H groups in total. The zero-order valence-electron chi connectivity index (χ0n) is 15.1. The average molecular weight is 365 g/mol. The summed E-state index contributed by atoms with van der Waals surface area (Å²) in [7, 11) is 0. The van der Waals surface area contributed by atoms with Crippen molar-refractivity contribution in [2.24, 2.45) is 0 Å². The molecule has 0 saturated carbocycles. The number of rotatable bonds is 6. The summed E-state index contributed by atoms with van der Waals surface area (Å²) < 4.78 is 0. The summed E-state index contributed by atoms with van der Waals surface area (Å²) in [6.45, 7) is 0.432. The van der Waals surface area contributed by atoms with Crippen LogP contribution in [0.3, 0.4) is 0 Å². The minimum atomic E-state index is -0.497. The number of hydrogen-bond acceptors (Lipinski definition) is 3. The van der Waals surface area contributed by atoms with E-state index >= 15 is 0 Å². The van der Waals surface area contributed by atoms with E-state index in [9.17, 15) is 14.4 Å². The molecule has 1 heterocycles. The summed E-state index contributed by atoms with van der Waals surface area (Å²) in [6.07, 6.45) is 1.63. The lowest BCUT2D eigenvalue weighted by molar-refractivity contribution is -0.137. The Labute approximate surface area is 158 Å². The molecule has 6 nitrogen and oxygen atoms in total. The number of carbonyl (C=O) groups excluding carboxylic acids is 3. The van der Waals surface area contributed by atoms with E-state index in [4.69, 9.17) is 0 Å². The normalized spacial score (nSPS) is 16.0. The van der Waals surface area contributed by atoms with Gasteiger partial charge in [-0.2, -0.15) is 0 Å². The van der Waals surface area contributed by atoms with E-state index in [1.807, 2.05) is 60.7 Å². The first-order valence-corrected chi connectivity index (χ1v) is 9.09. The molecule has 0 spiro atoms. The SMILES string of the molecule is O=C(Cc1ccccc1)NCC(=O)N1CCC[C@H]1C(=O)Nc1ccccc1. The number of nitrogens with zero attached hydrogens (tertiary/aromatic N) is 1. The molecule has 1 saturated heterocycles. The lowest BCUT2D eigenvalue weighted by Crippen LogP contribution is -2.47. The number of amides is 3. The van der Waals surface area contributed by atoms with Crippen molar-refractivity contribution in [2.45, 2.75) is 25.3 Å². The molecule has 1 aliphatic rings. The summed E-state index contributed by atoms with van der Waals surface area (Å²) in [4.78, 5) is 38.6. The van der Waals surface area contributed by atoms with Crippen molar-refractivity contribution in [2.75, 3.05) is 18.4 Å². The predicted molar refractivity (Wildman–Crippen MR) is 103 cm³/mol. The third kappa shape index (κ3) is 5.17. The van der Waals surface area contributed by atoms with E-state index in [0.29, 0.717) is 18.7 Å². The van der Waals surface area contributed by atoms with Gasteiger partial charge in [0.2, 0.25) is 17.7 Å². The Morgan fingerprint density at radius 2 is 1.63 bits per heavy atom. The Bertz CT molecular complexity index is 793. The monoisotopic (exact) mass is 365 g/mol. The van der Waals surface area contributed by atoms with Gasteiger partial charge in [-0.3, -0.25) is 14.4 Å². The maximum absolute atomic E-state index is 12.5. The van der Waals surface area contributed by atoms with Crippen LogP contribution < -0.4 is 10.6 Å². The molecule has 1 atom stereocenters. The molecule has 1 fully saturated rings. The average Bonchev–Trinajstić information content (AvgIpc) is 3.18. The van der Waals surface area contributed by atoms with Gasteiger partial charge in [0.1, 0.15) is 6.04 Å². The third-order valence-corrected chi connectivity index (χ3v) is 4.56. The smallest absolute Gasteiger partial charge is 0.247 e. The van der Waals surface area contributed by atoms with Gasteiger partial charge in [0.25, 0.3) is 0 Å². The Morgan fingerprint density at radius 1 is 0.963 bits per heavy atom. The number of benzene rings is 2. The van der Waals surface area contributed by atoms with Gasteiger partial charge in [0, 0.05) is 12.2 Å². The van der Waals surface area contributed by atoms with E-state index in [2.05, 4.69) is 10.6 Å². The van der Waals surface area contributed by atoms with Crippen molar-refractivity contribution in [1.82, 2.24) is 10.2 Å². The standard InChI is InChI=1S/C21H23N3O3/c25-19(14-16-8-3-1-4-9-16)22-15-20(26)24-13-7-12-18(24)21(27)23-17-10-5-2-6-11-17/h1-6,8-11,18H,7,12-15H2,(H,22,25)(H,23,27)/t18-/m0/s1. The van der Waals surface area contributed by atoms with Crippen molar-refractivity contribution in [1.29, 1.82) is 0 Å². The Hall–Kier alpha value is -3.15. The van der Waals surface area contributed by atoms with Crippen LogP contribution in [-0.2, 0) is 20.8 Å². The maximum Gasteiger partial charge on any atom is 0.247 e. The number of likely N-dealkylation sites (tertiary alicyclic amines) is 1. The van der Waals surface area contributed by atoms with E-state index in [0.717, 1.165) is 12.0 Å². The van der Waals surface area contributed by atoms with Gasteiger partial charge in [0.15, 0.2) is 0 Å². The highest BCUT2D eigenvalue weighted by Gasteiger charge is 2.33. The quantitative estimate of drug-likeness (QED) is 0.822. The number of para-hydroxylation sites is 1. The minimum Gasteiger partial charge on any atom is -0.347 e. The van der Waals surface area contributed by atoms with Gasteiger partial charge in [-0.1, -0.05) is 48.5 Å². The Balaban J connectivity index is 1.51. The highest BCUT2D eigenvalue weighted by atomic mass is 16.2. The summed E-state index contributed by atoms with van der Waals surface area (Å²) in [5.74, 6) is -0.635. The van der Waals surface area contributed by atoms with Gasteiger partial charge >= 0.3 is 0 Å². The van der Waals surface area contributed by atoms with Crippen molar-refractivity contribution < 1.29 is 14.4 Å². The van der Waals surface area contributed by atoms with Crippen molar-refractivity contribution in [3.8, 4) is 0 Å². The Kier molecular flexibility index (Phi) is 6.20. The fraction of sp³-hybridized carbons (Fsp3) is 0.286. The zero-order chi connectivity index (χ0) is 19.1. The van der Waals surface area contributed by atoms with Gasteiger partial charge in [-0.05, 0) is 30.5 Å². The summed E-state index contributed by atoms with van der Waals surface area (Å²) in [5.41, 5.74) is 1.60. The minimum absolute atomic E-state index is 0.0964. The second-order valence-corrected chi connectivity index (χ2v) is 6.54. The Morgan fingerprint density at radius 3 is 2.33 bits per heavy atom. The van der Waals surface area contributed by atoms with Crippen LogP contribution in [0.1, 0.15) is 18.4 Å². The first-order valence-electron chi connectivity index (χ1n) is 9.09. The summed E-state index contributed by atoms with van der Waals surface area (Å²) in [5, 5.41) is 5.50. The number of carbonyl (C=O) groups is 3. The second kappa shape index (κ2) is 8.98. The van der Waals surface area contributed by atoms with Crippen LogP contribution in [0.5, 0.6) is 0 Å².